The van der Waals surface area contributed by atoms with Gasteiger partial charge in [0.15, 0.2) is 5.69 Å². The van der Waals surface area contributed by atoms with Crippen LogP contribution >= 0.6 is 0 Å². The van der Waals surface area contributed by atoms with Crippen LogP contribution in [0.3, 0.4) is 0 Å². The van der Waals surface area contributed by atoms with Crippen molar-refractivity contribution in [2.24, 2.45) is 0 Å². The zero-order valence-electron chi connectivity index (χ0n) is 16.5. The second kappa shape index (κ2) is 7.82. The van der Waals surface area contributed by atoms with Crippen molar-refractivity contribution >= 4 is 11.9 Å². The summed E-state index contributed by atoms with van der Waals surface area (Å²) in [6.07, 6.45) is 1.60. The van der Waals surface area contributed by atoms with E-state index in [1.165, 1.54) is 7.11 Å². The van der Waals surface area contributed by atoms with Gasteiger partial charge in [-0.3, -0.25) is 9.48 Å². The lowest BCUT2D eigenvalue weighted by molar-refractivity contribution is 0.0591. The molecule has 0 spiro atoms. The summed E-state index contributed by atoms with van der Waals surface area (Å²) in [6.45, 7) is 4.11. The van der Waals surface area contributed by atoms with Crippen LogP contribution in [0.1, 0.15) is 56.6 Å². The van der Waals surface area contributed by atoms with E-state index >= 15 is 0 Å². The smallest absolute Gasteiger partial charge is 0.358 e. The van der Waals surface area contributed by atoms with Crippen LogP contribution in [0.4, 0.5) is 0 Å². The topological polar surface area (TPSA) is 104 Å². The number of hydrogen-bond donors (Lipinski definition) is 0. The first-order valence-corrected chi connectivity index (χ1v) is 9.64. The van der Waals surface area contributed by atoms with Gasteiger partial charge in [0.25, 0.3) is 5.91 Å². The molecule has 0 aromatic carbocycles. The van der Waals surface area contributed by atoms with Crippen molar-refractivity contribution in [3.05, 3.63) is 50.8 Å². The molecule has 2 aromatic rings. The van der Waals surface area contributed by atoms with E-state index in [-0.39, 0.29) is 29.6 Å². The van der Waals surface area contributed by atoms with Crippen LogP contribution < -0.4 is 5.63 Å². The standard InChI is InChI=1S/C20H23N3O6/c1-12-9-16(13-3-7-28-8-4-13)29-20(26)17(12)18(24)22-5-6-23-14(11-22)10-15(21-23)19(25)27-2/h9-10,13H,3-8,11H2,1-2H3. The molecule has 4 heterocycles. The highest BCUT2D eigenvalue weighted by Crippen LogP contribution is 2.27. The Morgan fingerprint density at radius 1 is 1.21 bits per heavy atom. The highest BCUT2D eigenvalue weighted by Gasteiger charge is 2.29. The molecule has 0 atom stereocenters. The molecule has 29 heavy (non-hydrogen) atoms. The number of carbonyl (C=O) groups excluding carboxylic acids is 2. The molecule has 0 bridgehead atoms. The SMILES string of the molecule is COC(=O)c1cc2n(n1)CCN(C(=O)c1c(C)cc(C3CCOCC3)oc1=O)C2. The third-order valence-electron chi connectivity index (χ3n) is 5.48. The average Bonchev–Trinajstić information content (AvgIpc) is 3.16. The van der Waals surface area contributed by atoms with Gasteiger partial charge in [-0.2, -0.15) is 5.10 Å². The molecule has 0 unspecified atom stereocenters. The van der Waals surface area contributed by atoms with Gasteiger partial charge in [-0.05, 0) is 37.5 Å². The molecule has 2 aliphatic heterocycles. The first-order chi connectivity index (χ1) is 14.0. The number of carbonyl (C=O) groups is 2. The summed E-state index contributed by atoms with van der Waals surface area (Å²) in [7, 11) is 1.29. The van der Waals surface area contributed by atoms with Gasteiger partial charge in [0.1, 0.15) is 11.3 Å². The Balaban J connectivity index is 1.56. The molecule has 0 radical (unpaired) electrons. The van der Waals surface area contributed by atoms with Crippen molar-refractivity contribution in [3.63, 3.8) is 0 Å². The third kappa shape index (κ3) is 3.69. The minimum Gasteiger partial charge on any atom is -0.464 e. The molecule has 1 amide bonds. The van der Waals surface area contributed by atoms with E-state index in [9.17, 15) is 14.4 Å². The molecular formula is C20H23N3O6. The molecule has 4 rings (SSSR count). The Labute approximate surface area is 167 Å². The summed E-state index contributed by atoms with van der Waals surface area (Å²) in [6, 6.07) is 3.41. The summed E-state index contributed by atoms with van der Waals surface area (Å²) in [5.41, 5.74) is 0.981. The Kier molecular flexibility index (Phi) is 5.23. The number of amides is 1. The number of esters is 1. The highest BCUT2D eigenvalue weighted by molar-refractivity contribution is 5.95. The maximum atomic E-state index is 13.1. The molecule has 154 valence electrons. The fourth-order valence-electron chi connectivity index (χ4n) is 3.88. The van der Waals surface area contributed by atoms with Gasteiger partial charge in [-0.1, -0.05) is 0 Å². The monoisotopic (exact) mass is 401 g/mol. The summed E-state index contributed by atoms with van der Waals surface area (Å²) in [5.74, 6) is -0.140. The number of ether oxygens (including phenoxy) is 2. The van der Waals surface area contributed by atoms with Crippen molar-refractivity contribution in [2.45, 2.75) is 38.8 Å². The maximum absolute atomic E-state index is 13.1. The third-order valence-corrected chi connectivity index (χ3v) is 5.48. The molecular weight excluding hydrogens is 378 g/mol. The summed E-state index contributed by atoms with van der Waals surface area (Å²) < 4.78 is 17.3. The molecule has 0 saturated carbocycles. The van der Waals surface area contributed by atoms with Crippen molar-refractivity contribution in [2.75, 3.05) is 26.9 Å². The second-order valence-electron chi connectivity index (χ2n) is 7.34. The van der Waals surface area contributed by atoms with E-state index in [2.05, 4.69) is 5.10 Å². The predicted octanol–water partition coefficient (Wildman–Crippen LogP) is 1.48. The van der Waals surface area contributed by atoms with Gasteiger partial charge < -0.3 is 18.8 Å². The quantitative estimate of drug-likeness (QED) is 0.718. The average molecular weight is 401 g/mol. The largest absolute Gasteiger partial charge is 0.464 e. The lowest BCUT2D eigenvalue weighted by atomic mass is 9.95. The van der Waals surface area contributed by atoms with E-state index in [1.807, 2.05) is 0 Å². The zero-order chi connectivity index (χ0) is 20.5. The molecule has 2 aliphatic rings. The van der Waals surface area contributed by atoms with Crippen LogP contribution in [-0.2, 0) is 22.6 Å². The second-order valence-corrected chi connectivity index (χ2v) is 7.34. The van der Waals surface area contributed by atoms with Gasteiger partial charge in [-0.25, -0.2) is 9.59 Å². The summed E-state index contributed by atoms with van der Waals surface area (Å²) in [4.78, 5) is 39.0. The number of fused-ring (bicyclic) bond motifs is 1. The van der Waals surface area contributed by atoms with E-state index in [1.54, 1.807) is 28.6 Å². The van der Waals surface area contributed by atoms with E-state index in [4.69, 9.17) is 13.9 Å². The number of rotatable bonds is 3. The first-order valence-electron chi connectivity index (χ1n) is 9.64. The van der Waals surface area contributed by atoms with Gasteiger partial charge in [-0.15, -0.1) is 0 Å². The Bertz CT molecular complexity index is 1000. The minimum atomic E-state index is -0.606. The first kappa shape index (κ1) is 19.4. The Morgan fingerprint density at radius 3 is 2.66 bits per heavy atom. The number of aryl methyl sites for hydroxylation is 1. The number of nitrogens with zero attached hydrogens (tertiary/aromatic N) is 3. The minimum absolute atomic E-state index is 0.0574. The molecule has 9 nitrogen and oxygen atoms in total. The van der Waals surface area contributed by atoms with Gasteiger partial charge in [0.05, 0.1) is 25.9 Å². The van der Waals surface area contributed by atoms with Gasteiger partial charge in [0, 0.05) is 25.7 Å². The van der Waals surface area contributed by atoms with Crippen LogP contribution in [0.25, 0.3) is 0 Å². The fraction of sp³-hybridized carbons (Fsp3) is 0.500. The summed E-state index contributed by atoms with van der Waals surface area (Å²) >= 11 is 0. The molecule has 2 aromatic heterocycles. The van der Waals surface area contributed by atoms with Crippen LogP contribution in [-0.4, -0.2) is 53.4 Å². The predicted molar refractivity (Wildman–Crippen MR) is 101 cm³/mol. The number of hydrogen-bond acceptors (Lipinski definition) is 7. The zero-order valence-corrected chi connectivity index (χ0v) is 16.5. The van der Waals surface area contributed by atoms with E-state index in [0.717, 1.165) is 12.8 Å². The van der Waals surface area contributed by atoms with E-state index < -0.39 is 11.6 Å². The lowest BCUT2D eigenvalue weighted by Crippen LogP contribution is -2.40. The Morgan fingerprint density at radius 2 is 1.97 bits per heavy atom. The highest BCUT2D eigenvalue weighted by atomic mass is 16.5. The number of aromatic nitrogens is 2. The molecule has 9 heteroatoms. The molecule has 0 N–H and O–H groups in total. The maximum Gasteiger partial charge on any atom is 0.358 e. The number of methoxy groups -OCH3 is 1. The molecule has 1 fully saturated rings. The fourth-order valence-corrected chi connectivity index (χ4v) is 3.88. The van der Waals surface area contributed by atoms with Crippen LogP contribution in [0, 0.1) is 6.92 Å². The van der Waals surface area contributed by atoms with Crippen molar-refractivity contribution in [3.8, 4) is 0 Å². The lowest BCUT2D eigenvalue weighted by Gasteiger charge is -2.28. The molecule has 0 aliphatic carbocycles. The van der Waals surface area contributed by atoms with Gasteiger partial charge >= 0.3 is 11.6 Å². The summed E-state index contributed by atoms with van der Waals surface area (Å²) in [5, 5.41) is 4.20. The van der Waals surface area contributed by atoms with Crippen molar-refractivity contribution in [1.29, 1.82) is 0 Å². The van der Waals surface area contributed by atoms with Gasteiger partial charge in [0.2, 0.25) is 0 Å². The Hall–Kier alpha value is -2.94. The van der Waals surface area contributed by atoms with Crippen LogP contribution in [0.5, 0.6) is 0 Å². The van der Waals surface area contributed by atoms with Crippen molar-refractivity contribution in [1.82, 2.24) is 14.7 Å². The van der Waals surface area contributed by atoms with Crippen molar-refractivity contribution < 1.29 is 23.5 Å². The van der Waals surface area contributed by atoms with E-state index in [0.29, 0.717) is 43.3 Å². The van der Waals surface area contributed by atoms with Crippen LogP contribution in [0.15, 0.2) is 21.3 Å². The molecule has 1 saturated heterocycles. The normalized spacial score (nSPS) is 17.1. The van der Waals surface area contributed by atoms with Crippen LogP contribution in [0.2, 0.25) is 0 Å².